The van der Waals surface area contributed by atoms with Gasteiger partial charge in [-0.15, -0.1) is 0 Å². The quantitative estimate of drug-likeness (QED) is 0.741. The second kappa shape index (κ2) is 4.07. The van der Waals surface area contributed by atoms with Gasteiger partial charge < -0.3 is 15.7 Å². The number of nitrogen functional groups attached to an aromatic ring is 1. The van der Waals surface area contributed by atoms with Crippen molar-refractivity contribution in [3.05, 3.63) is 29.8 Å². The summed E-state index contributed by atoms with van der Waals surface area (Å²) in [6, 6.07) is 7.60. The highest BCUT2D eigenvalue weighted by Crippen LogP contribution is 2.37. The van der Waals surface area contributed by atoms with E-state index in [-0.39, 0.29) is 5.92 Å². The fraction of sp³-hybridized carbons (Fsp3) is 0.538. The number of nitrogens with two attached hydrogens (primary N) is 1. The first-order valence-corrected chi connectivity index (χ1v) is 5.77. The SMILES string of the molecule is CN1CCC(C(C)(O)c2ccccc2N)C1. The van der Waals surface area contributed by atoms with E-state index in [9.17, 15) is 5.11 Å². The van der Waals surface area contributed by atoms with Crippen molar-refractivity contribution >= 4 is 5.69 Å². The number of para-hydroxylation sites is 1. The zero-order chi connectivity index (χ0) is 11.8. The normalized spacial score (nSPS) is 25.6. The lowest BCUT2D eigenvalue weighted by Crippen LogP contribution is -2.34. The van der Waals surface area contributed by atoms with Gasteiger partial charge in [-0.05, 0) is 33.0 Å². The van der Waals surface area contributed by atoms with Gasteiger partial charge in [0.15, 0.2) is 0 Å². The maximum atomic E-state index is 10.7. The minimum absolute atomic E-state index is 0.266. The lowest BCUT2D eigenvalue weighted by atomic mass is 9.81. The van der Waals surface area contributed by atoms with E-state index in [4.69, 9.17) is 5.73 Å². The van der Waals surface area contributed by atoms with E-state index in [0.29, 0.717) is 5.69 Å². The van der Waals surface area contributed by atoms with Gasteiger partial charge in [-0.1, -0.05) is 18.2 Å². The molecule has 0 amide bonds. The van der Waals surface area contributed by atoms with Gasteiger partial charge in [0.2, 0.25) is 0 Å². The Balaban J connectivity index is 2.28. The molecule has 2 unspecified atom stereocenters. The van der Waals surface area contributed by atoms with Crippen molar-refractivity contribution in [3.63, 3.8) is 0 Å². The molecule has 2 atom stereocenters. The first-order chi connectivity index (χ1) is 7.51. The van der Waals surface area contributed by atoms with Crippen LogP contribution in [0.15, 0.2) is 24.3 Å². The van der Waals surface area contributed by atoms with E-state index in [0.717, 1.165) is 25.1 Å². The summed E-state index contributed by atoms with van der Waals surface area (Å²) in [7, 11) is 2.09. The molecule has 88 valence electrons. The highest BCUT2D eigenvalue weighted by Gasteiger charge is 2.38. The molecule has 0 radical (unpaired) electrons. The molecule has 16 heavy (non-hydrogen) atoms. The van der Waals surface area contributed by atoms with Gasteiger partial charge in [-0.3, -0.25) is 0 Å². The molecule has 1 fully saturated rings. The molecule has 1 aliphatic heterocycles. The third kappa shape index (κ3) is 1.93. The summed E-state index contributed by atoms with van der Waals surface area (Å²) in [5.41, 5.74) is 6.65. The summed E-state index contributed by atoms with van der Waals surface area (Å²) in [5.74, 6) is 0.266. The van der Waals surface area contributed by atoms with Crippen LogP contribution in [0.4, 0.5) is 5.69 Å². The predicted octanol–water partition coefficient (Wildman–Crippen LogP) is 1.43. The Bertz CT molecular complexity index is 376. The van der Waals surface area contributed by atoms with Gasteiger partial charge >= 0.3 is 0 Å². The maximum absolute atomic E-state index is 10.7. The molecule has 3 nitrogen and oxygen atoms in total. The summed E-state index contributed by atoms with van der Waals surface area (Å²) in [5, 5.41) is 10.7. The molecule has 3 N–H and O–H groups in total. The van der Waals surface area contributed by atoms with Crippen LogP contribution in [0.2, 0.25) is 0 Å². The monoisotopic (exact) mass is 220 g/mol. The number of aliphatic hydroxyl groups is 1. The van der Waals surface area contributed by atoms with Crippen molar-refractivity contribution in [2.24, 2.45) is 5.92 Å². The van der Waals surface area contributed by atoms with Gasteiger partial charge in [0, 0.05) is 23.7 Å². The number of benzene rings is 1. The molecule has 0 aliphatic carbocycles. The summed E-state index contributed by atoms with van der Waals surface area (Å²) in [6.07, 6.45) is 1.03. The first-order valence-electron chi connectivity index (χ1n) is 5.77. The molecule has 1 saturated heterocycles. The second-order valence-corrected chi connectivity index (χ2v) is 4.98. The lowest BCUT2D eigenvalue weighted by Gasteiger charge is -2.31. The van der Waals surface area contributed by atoms with E-state index in [1.54, 1.807) is 0 Å². The van der Waals surface area contributed by atoms with Crippen molar-refractivity contribution in [1.82, 2.24) is 4.90 Å². The molecule has 0 saturated carbocycles. The van der Waals surface area contributed by atoms with Gasteiger partial charge in [0.25, 0.3) is 0 Å². The zero-order valence-corrected chi connectivity index (χ0v) is 9.98. The number of anilines is 1. The van der Waals surface area contributed by atoms with Crippen LogP contribution < -0.4 is 5.73 Å². The highest BCUT2D eigenvalue weighted by molar-refractivity contribution is 5.49. The Hall–Kier alpha value is -1.06. The topological polar surface area (TPSA) is 49.5 Å². The van der Waals surface area contributed by atoms with Gasteiger partial charge in [0.1, 0.15) is 0 Å². The fourth-order valence-electron chi connectivity index (χ4n) is 2.57. The van der Waals surface area contributed by atoms with Crippen LogP contribution in [0.3, 0.4) is 0 Å². The lowest BCUT2D eigenvalue weighted by molar-refractivity contribution is -0.000485. The van der Waals surface area contributed by atoms with Crippen molar-refractivity contribution in [2.45, 2.75) is 18.9 Å². The maximum Gasteiger partial charge on any atom is 0.0929 e. The largest absolute Gasteiger partial charge is 0.398 e. The average molecular weight is 220 g/mol. The zero-order valence-electron chi connectivity index (χ0n) is 9.98. The minimum Gasteiger partial charge on any atom is -0.398 e. The third-order valence-electron chi connectivity index (χ3n) is 3.69. The van der Waals surface area contributed by atoms with E-state index in [2.05, 4.69) is 11.9 Å². The molecule has 1 aliphatic rings. The second-order valence-electron chi connectivity index (χ2n) is 4.98. The Kier molecular flexibility index (Phi) is 2.91. The van der Waals surface area contributed by atoms with Gasteiger partial charge in [-0.25, -0.2) is 0 Å². The van der Waals surface area contributed by atoms with Crippen LogP contribution in [-0.4, -0.2) is 30.1 Å². The van der Waals surface area contributed by atoms with E-state index in [1.165, 1.54) is 0 Å². The highest BCUT2D eigenvalue weighted by atomic mass is 16.3. The summed E-state index contributed by atoms with van der Waals surface area (Å²) >= 11 is 0. The summed E-state index contributed by atoms with van der Waals surface area (Å²) < 4.78 is 0. The van der Waals surface area contributed by atoms with Crippen LogP contribution in [0.5, 0.6) is 0 Å². The molecular formula is C13H20N2O. The number of hydrogen-bond acceptors (Lipinski definition) is 3. The number of nitrogens with zero attached hydrogens (tertiary/aromatic N) is 1. The Morgan fingerprint density at radius 1 is 1.44 bits per heavy atom. The molecule has 0 spiro atoms. The average Bonchev–Trinajstić information content (AvgIpc) is 2.66. The van der Waals surface area contributed by atoms with Crippen molar-refractivity contribution in [3.8, 4) is 0 Å². The molecule has 0 aromatic heterocycles. The molecular weight excluding hydrogens is 200 g/mol. The molecule has 2 rings (SSSR count). The van der Waals surface area contributed by atoms with Crippen molar-refractivity contribution in [1.29, 1.82) is 0 Å². The molecule has 1 aromatic carbocycles. The number of likely N-dealkylation sites (tertiary alicyclic amines) is 1. The van der Waals surface area contributed by atoms with Crippen LogP contribution in [0.1, 0.15) is 18.9 Å². The van der Waals surface area contributed by atoms with E-state index in [1.807, 2.05) is 31.2 Å². The smallest absolute Gasteiger partial charge is 0.0929 e. The minimum atomic E-state index is -0.823. The molecule has 1 heterocycles. The Morgan fingerprint density at radius 3 is 2.69 bits per heavy atom. The number of hydrogen-bond donors (Lipinski definition) is 2. The van der Waals surface area contributed by atoms with Crippen molar-refractivity contribution < 1.29 is 5.11 Å². The van der Waals surface area contributed by atoms with Gasteiger partial charge in [-0.2, -0.15) is 0 Å². The third-order valence-corrected chi connectivity index (χ3v) is 3.69. The van der Waals surface area contributed by atoms with Crippen LogP contribution in [0.25, 0.3) is 0 Å². The molecule has 0 bridgehead atoms. The number of rotatable bonds is 2. The fourth-order valence-corrected chi connectivity index (χ4v) is 2.57. The summed E-state index contributed by atoms with van der Waals surface area (Å²) in [4.78, 5) is 2.25. The van der Waals surface area contributed by atoms with E-state index >= 15 is 0 Å². The standard InChI is InChI=1S/C13H20N2O/c1-13(16,10-7-8-15(2)9-10)11-5-3-4-6-12(11)14/h3-6,10,16H,7-9,14H2,1-2H3. The van der Waals surface area contributed by atoms with Crippen LogP contribution in [-0.2, 0) is 5.60 Å². The summed E-state index contributed by atoms with van der Waals surface area (Å²) in [6.45, 7) is 3.86. The van der Waals surface area contributed by atoms with E-state index < -0.39 is 5.60 Å². The molecule has 1 aromatic rings. The van der Waals surface area contributed by atoms with Gasteiger partial charge in [0.05, 0.1) is 5.60 Å². The Morgan fingerprint density at radius 2 is 2.12 bits per heavy atom. The van der Waals surface area contributed by atoms with Crippen molar-refractivity contribution in [2.75, 3.05) is 25.9 Å². The Labute approximate surface area is 96.9 Å². The molecule has 3 heteroatoms. The van der Waals surface area contributed by atoms with Crippen LogP contribution >= 0.6 is 0 Å². The van der Waals surface area contributed by atoms with Crippen LogP contribution in [0, 0.1) is 5.92 Å². The first kappa shape index (κ1) is 11.4. The predicted molar refractivity (Wildman–Crippen MR) is 66.0 cm³/mol.